The molecule has 2 saturated heterocycles. The fourth-order valence-electron chi connectivity index (χ4n) is 3.46. The minimum Gasteiger partial charge on any atom is -0.317 e. The summed E-state index contributed by atoms with van der Waals surface area (Å²) in [5.41, 5.74) is 1.54. The first-order chi connectivity index (χ1) is 6.14. The van der Waals surface area contributed by atoms with E-state index >= 15 is 0 Å². The summed E-state index contributed by atoms with van der Waals surface area (Å²) >= 11 is 0. The monoisotopic (exact) mass is 180 g/mol. The van der Waals surface area contributed by atoms with Gasteiger partial charge in [-0.2, -0.15) is 0 Å². The molecule has 1 heteroatoms. The Hall–Kier alpha value is -0.300. The number of hydrogen-bond donors (Lipinski definition) is 0. The fourth-order valence-corrected chi connectivity index (χ4v) is 3.46. The van der Waals surface area contributed by atoms with E-state index in [-0.39, 0.29) is 0 Å². The minimum atomic E-state index is 0.836. The predicted octanol–water partition coefficient (Wildman–Crippen LogP) is 2.58. The Morgan fingerprint density at radius 3 is 2.92 bits per heavy atom. The topological polar surface area (TPSA) is 0 Å². The smallest absolute Gasteiger partial charge is 0.111 e. The zero-order valence-corrected chi connectivity index (χ0v) is 9.05. The Balaban J connectivity index is 2.15. The highest BCUT2D eigenvalue weighted by atomic mass is 15.4. The first kappa shape index (κ1) is 9.26. The van der Waals surface area contributed by atoms with Gasteiger partial charge in [-0.25, -0.2) is 0 Å². The largest absolute Gasteiger partial charge is 0.317 e. The van der Waals surface area contributed by atoms with Gasteiger partial charge in [-0.3, -0.25) is 0 Å². The van der Waals surface area contributed by atoms with Crippen LogP contribution in [0.15, 0.2) is 12.2 Å². The van der Waals surface area contributed by atoms with Crippen LogP contribution < -0.4 is 0 Å². The van der Waals surface area contributed by atoms with Crippen LogP contribution in [0.1, 0.15) is 33.1 Å². The number of rotatable bonds is 2. The standard InChI is InChI=1S/C12H22N/c1-10(2)9-13-7-4-5-12(13)11(3)6-8-13/h10,12H,3-9H2,1-2H3/q+1/t12-,13?/m1/s1. The van der Waals surface area contributed by atoms with Gasteiger partial charge in [-0.05, 0) is 5.57 Å². The van der Waals surface area contributed by atoms with E-state index in [1.807, 2.05) is 0 Å². The SMILES string of the molecule is C=C1CC[N+]2(CC(C)C)CCC[C@H]12. The second-order valence-corrected chi connectivity index (χ2v) is 5.31. The Labute approximate surface area is 82.0 Å². The van der Waals surface area contributed by atoms with Gasteiger partial charge in [0.1, 0.15) is 6.04 Å². The van der Waals surface area contributed by atoms with E-state index in [1.165, 1.54) is 49.0 Å². The van der Waals surface area contributed by atoms with Crippen LogP contribution in [0.3, 0.4) is 0 Å². The summed E-state index contributed by atoms with van der Waals surface area (Å²) in [6.45, 7) is 13.1. The Morgan fingerprint density at radius 2 is 2.23 bits per heavy atom. The molecular formula is C12H22N+. The van der Waals surface area contributed by atoms with Gasteiger partial charge in [-0.1, -0.05) is 20.4 Å². The van der Waals surface area contributed by atoms with Crippen molar-refractivity contribution < 1.29 is 4.48 Å². The van der Waals surface area contributed by atoms with Crippen LogP contribution in [0.5, 0.6) is 0 Å². The van der Waals surface area contributed by atoms with Crippen LogP contribution in [0.4, 0.5) is 0 Å². The summed E-state index contributed by atoms with van der Waals surface area (Å²) in [6.07, 6.45) is 4.12. The lowest BCUT2D eigenvalue weighted by Crippen LogP contribution is -2.49. The second-order valence-electron chi connectivity index (χ2n) is 5.31. The van der Waals surface area contributed by atoms with Gasteiger partial charge in [0.25, 0.3) is 0 Å². The molecule has 2 fully saturated rings. The fraction of sp³-hybridized carbons (Fsp3) is 0.833. The summed E-state index contributed by atoms with van der Waals surface area (Å²) in [5.74, 6) is 0.839. The summed E-state index contributed by atoms with van der Waals surface area (Å²) < 4.78 is 1.39. The maximum Gasteiger partial charge on any atom is 0.111 e. The average Bonchev–Trinajstić information content (AvgIpc) is 2.52. The number of fused-ring (bicyclic) bond motifs is 1. The van der Waals surface area contributed by atoms with Gasteiger partial charge in [0.05, 0.1) is 19.6 Å². The zero-order chi connectivity index (χ0) is 9.47. The molecular weight excluding hydrogens is 158 g/mol. The Bertz CT molecular complexity index is 219. The molecule has 2 rings (SSSR count). The molecule has 2 aliphatic heterocycles. The van der Waals surface area contributed by atoms with Crippen molar-refractivity contribution in [1.82, 2.24) is 0 Å². The van der Waals surface area contributed by atoms with Crippen molar-refractivity contribution in [2.45, 2.75) is 39.2 Å². The van der Waals surface area contributed by atoms with Crippen molar-refractivity contribution >= 4 is 0 Å². The highest BCUT2D eigenvalue weighted by molar-refractivity contribution is 5.08. The third-order valence-electron chi connectivity index (χ3n) is 3.82. The molecule has 74 valence electrons. The van der Waals surface area contributed by atoms with Gasteiger partial charge in [0.2, 0.25) is 0 Å². The molecule has 13 heavy (non-hydrogen) atoms. The molecule has 0 radical (unpaired) electrons. The van der Waals surface area contributed by atoms with E-state index in [0.717, 1.165) is 12.0 Å². The van der Waals surface area contributed by atoms with Gasteiger partial charge < -0.3 is 4.48 Å². The lowest BCUT2D eigenvalue weighted by Gasteiger charge is -2.36. The molecule has 0 bridgehead atoms. The van der Waals surface area contributed by atoms with Crippen LogP contribution in [0.2, 0.25) is 0 Å². The molecule has 0 N–H and O–H groups in total. The lowest BCUT2D eigenvalue weighted by molar-refractivity contribution is -0.927. The molecule has 0 amide bonds. The van der Waals surface area contributed by atoms with E-state index in [1.54, 1.807) is 0 Å². The summed E-state index contributed by atoms with van der Waals surface area (Å²) in [6, 6.07) is 0.836. The summed E-state index contributed by atoms with van der Waals surface area (Å²) in [7, 11) is 0. The molecule has 0 spiro atoms. The third-order valence-corrected chi connectivity index (χ3v) is 3.82. The highest BCUT2D eigenvalue weighted by Gasteiger charge is 2.47. The Kier molecular flexibility index (Phi) is 2.23. The van der Waals surface area contributed by atoms with Crippen molar-refractivity contribution in [2.75, 3.05) is 19.6 Å². The number of quaternary nitrogens is 1. The normalized spacial score (nSPS) is 38.7. The predicted molar refractivity (Wildman–Crippen MR) is 56.5 cm³/mol. The van der Waals surface area contributed by atoms with Crippen molar-refractivity contribution in [3.05, 3.63) is 12.2 Å². The number of nitrogens with zero attached hydrogens (tertiary/aromatic N) is 1. The molecule has 2 aliphatic rings. The zero-order valence-electron chi connectivity index (χ0n) is 9.05. The molecule has 2 atom stereocenters. The highest BCUT2D eigenvalue weighted by Crippen LogP contribution is 2.39. The van der Waals surface area contributed by atoms with Crippen LogP contribution >= 0.6 is 0 Å². The molecule has 2 heterocycles. The molecule has 1 nitrogen and oxygen atoms in total. The molecule has 0 saturated carbocycles. The average molecular weight is 180 g/mol. The van der Waals surface area contributed by atoms with Crippen molar-refractivity contribution in [3.63, 3.8) is 0 Å². The van der Waals surface area contributed by atoms with Gasteiger partial charge in [0, 0.05) is 25.2 Å². The van der Waals surface area contributed by atoms with Crippen LogP contribution in [0, 0.1) is 5.92 Å². The first-order valence-electron chi connectivity index (χ1n) is 5.67. The van der Waals surface area contributed by atoms with Crippen molar-refractivity contribution in [3.8, 4) is 0 Å². The molecule has 0 aromatic heterocycles. The van der Waals surface area contributed by atoms with Gasteiger partial charge >= 0.3 is 0 Å². The van der Waals surface area contributed by atoms with Crippen LogP contribution in [-0.2, 0) is 0 Å². The maximum atomic E-state index is 4.23. The van der Waals surface area contributed by atoms with Crippen LogP contribution in [-0.4, -0.2) is 30.2 Å². The minimum absolute atomic E-state index is 0.836. The van der Waals surface area contributed by atoms with E-state index in [4.69, 9.17) is 0 Å². The van der Waals surface area contributed by atoms with Gasteiger partial charge in [0.15, 0.2) is 0 Å². The Morgan fingerprint density at radius 1 is 1.46 bits per heavy atom. The van der Waals surface area contributed by atoms with E-state index < -0.39 is 0 Å². The van der Waals surface area contributed by atoms with Crippen molar-refractivity contribution in [1.29, 1.82) is 0 Å². The second kappa shape index (κ2) is 3.13. The van der Waals surface area contributed by atoms with Gasteiger partial charge in [-0.15, -0.1) is 0 Å². The maximum absolute atomic E-state index is 4.23. The van der Waals surface area contributed by atoms with Crippen LogP contribution in [0.25, 0.3) is 0 Å². The summed E-state index contributed by atoms with van der Waals surface area (Å²) in [4.78, 5) is 0. The van der Waals surface area contributed by atoms with E-state index in [0.29, 0.717) is 0 Å². The van der Waals surface area contributed by atoms with Crippen molar-refractivity contribution in [2.24, 2.45) is 5.92 Å². The van der Waals surface area contributed by atoms with E-state index in [2.05, 4.69) is 20.4 Å². The first-order valence-corrected chi connectivity index (χ1v) is 5.67. The molecule has 1 unspecified atom stereocenters. The van der Waals surface area contributed by atoms with E-state index in [9.17, 15) is 0 Å². The molecule has 0 aliphatic carbocycles. The summed E-state index contributed by atoms with van der Waals surface area (Å²) in [5, 5.41) is 0. The molecule has 0 aromatic rings. The third kappa shape index (κ3) is 1.43. The molecule has 0 aromatic carbocycles. The lowest BCUT2D eigenvalue weighted by atomic mass is 10.1. The quantitative estimate of drug-likeness (QED) is 0.452. The number of hydrogen-bond acceptors (Lipinski definition) is 0.